The summed E-state index contributed by atoms with van der Waals surface area (Å²) in [7, 11) is -2.19. The molecule has 2 amide bonds. The minimum absolute atomic E-state index is 0.113. The average molecular weight is 530 g/mol. The zero-order valence-corrected chi connectivity index (χ0v) is 23.3. The second-order valence-electron chi connectivity index (χ2n) is 9.84. The number of carbonyl (C=O) groups is 2. The summed E-state index contributed by atoms with van der Waals surface area (Å²) in [6.45, 7) is 5.33. The van der Waals surface area contributed by atoms with E-state index in [4.69, 9.17) is 4.74 Å². The lowest BCUT2D eigenvalue weighted by Gasteiger charge is -2.33. The Morgan fingerprint density at radius 3 is 2.30 bits per heavy atom. The summed E-state index contributed by atoms with van der Waals surface area (Å²) < 4.78 is 32.1. The molecule has 0 aliphatic heterocycles. The fraction of sp³-hybridized carbons (Fsp3) is 0.500. The molecule has 1 fully saturated rings. The minimum Gasteiger partial charge on any atom is -0.497 e. The summed E-state index contributed by atoms with van der Waals surface area (Å²) in [5.41, 5.74) is 2.92. The van der Waals surface area contributed by atoms with Crippen molar-refractivity contribution in [3.8, 4) is 5.75 Å². The maximum Gasteiger partial charge on any atom is 0.244 e. The third-order valence-corrected chi connectivity index (χ3v) is 8.04. The number of sulfonamides is 1. The summed E-state index contributed by atoms with van der Waals surface area (Å²) in [5, 5.41) is 3.12. The van der Waals surface area contributed by atoms with E-state index in [2.05, 4.69) is 5.32 Å². The first kappa shape index (κ1) is 28.5. The summed E-state index contributed by atoms with van der Waals surface area (Å²) in [4.78, 5) is 28.7. The predicted molar refractivity (Wildman–Crippen MR) is 146 cm³/mol. The van der Waals surface area contributed by atoms with E-state index >= 15 is 0 Å². The molecule has 0 aromatic heterocycles. The van der Waals surface area contributed by atoms with Crippen molar-refractivity contribution < 1.29 is 22.7 Å². The average Bonchev–Trinajstić information content (AvgIpc) is 3.36. The zero-order valence-electron chi connectivity index (χ0n) is 22.5. The highest BCUT2D eigenvalue weighted by atomic mass is 32.2. The Bertz CT molecular complexity index is 1190. The van der Waals surface area contributed by atoms with E-state index in [0.29, 0.717) is 17.9 Å². The number of ether oxygens (including phenoxy) is 1. The standard InChI is InChI=1S/C28H39N3O5S/c1-6-25(28(33)29-23-9-7-8-10-23)30(18-22-13-15-24(36-4)16-14-22)27(32)19-31(37(5,34)35)26-17-20(2)11-12-21(26)3/h11-17,23,25H,6-10,18-19H2,1-5H3,(H,29,33). The first-order valence-electron chi connectivity index (χ1n) is 12.8. The summed E-state index contributed by atoms with van der Waals surface area (Å²) >= 11 is 0. The van der Waals surface area contributed by atoms with E-state index in [1.165, 1.54) is 4.90 Å². The molecular weight excluding hydrogens is 490 g/mol. The molecule has 0 bridgehead atoms. The van der Waals surface area contributed by atoms with E-state index in [1.54, 1.807) is 25.3 Å². The zero-order chi connectivity index (χ0) is 27.2. The Labute approximate surface area is 221 Å². The fourth-order valence-electron chi connectivity index (χ4n) is 4.80. The van der Waals surface area contributed by atoms with Crippen molar-refractivity contribution in [3.63, 3.8) is 0 Å². The van der Waals surface area contributed by atoms with E-state index in [9.17, 15) is 18.0 Å². The second-order valence-corrected chi connectivity index (χ2v) is 11.8. The molecule has 0 heterocycles. The molecule has 0 spiro atoms. The van der Waals surface area contributed by atoms with Crippen LogP contribution in [0.1, 0.15) is 55.7 Å². The van der Waals surface area contributed by atoms with Gasteiger partial charge in [0, 0.05) is 12.6 Å². The van der Waals surface area contributed by atoms with Gasteiger partial charge in [-0.05, 0) is 68.0 Å². The van der Waals surface area contributed by atoms with Crippen molar-refractivity contribution in [2.75, 3.05) is 24.2 Å². The molecule has 8 nitrogen and oxygen atoms in total. The van der Waals surface area contributed by atoms with Crippen LogP contribution in [0.15, 0.2) is 42.5 Å². The molecule has 1 aliphatic carbocycles. The smallest absolute Gasteiger partial charge is 0.244 e. The first-order valence-corrected chi connectivity index (χ1v) is 14.7. The molecule has 2 aromatic rings. The topological polar surface area (TPSA) is 96.0 Å². The van der Waals surface area contributed by atoms with Gasteiger partial charge < -0.3 is 15.0 Å². The van der Waals surface area contributed by atoms with Crippen molar-refractivity contribution in [1.82, 2.24) is 10.2 Å². The number of anilines is 1. The molecule has 0 radical (unpaired) electrons. The summed E-state index contributed by atoms with van der Waals surface area (Å²) in [6.07, 6.45) is 5.53. The van der Waals surface area contributed by atoms with Crippen LogP contribution in [0.2, 0.25) is 0 Å². The van der Waals surface area contributed by atoms with Crippen LogP contribution in [-0.4, -0.2) is 57.1 Å². The van der Waals surface area contributed by atoms with Crippen LogP contribution < -0.4 is 14.4 Å². The largest absolute Gasteiger partial charge is 0.497 e. The maximum atomic E-state index is 13.9. The molecule has 9 heteroatoms. The molecule has 1 aliphatic rings. The summed E-state index contributed by atoms with van der Waals surface area (Å²) in [5.74, 6) is 0.0512. The normalized spacial score (nSPS) is 14.7. The number of carbonyl (C=O) groups excluding carboxylic acids is 2. The Balaban J connectivity index is 1.94. The van der Waals surface area contributed by atoms with Gasteiger partial charge >= 0.3 is 0 Å². The lowest BCUT2D eigenvalue weighted by Crippen LogP contribution is -2.53. The number of benzene rings is 2. The number of hydrogen-bond acceptors (Lipinski definition) is 5. The fourth-order valence-corrected chi connectivity index (χ4v) is 5.70. The van der Waals surface area contributed by atoms with Crippen LogP contribution in [0.3, 0.4) is 0 Å². The highest BCUT2D eigenvalue weighted by molar-refractivity contribution is 7.92. The number of rotatable bonds is 11. The second kappa shape index (κ2) is 12.4. The lowest BCUT2D eigenvalue weighted by molar-refractivity contribution is -0.140. The van der Waals surface area contributed by atoms with Crippen LogP contribution in [0, 0.1) is 13.8 Å². The van der Waals surface area contributed by atoms with Crippen LogP contribution >= 0.6 is 0 Å². The molecule has 1 unspecified atom stereocenters. The van der Waals surface area contributed by atoms with Crippen LogP contribution in [-0.2, 0) is 26.2 Å². The van der Waals surface area contributed by atoms with Crippen molar-refractivity contribution in [1.29, 1.82) is 0 Å². The van der Waals surface area contributed by atoms with E-state index in [-0.39, 0.29) is 18.5 Å². The third-order valence-electron chi connectivity index (χ3n) is 6.91. The van der Waals surface area contributed by atoms with Gasteiger partial charge in [0.15, 0.2) is 0 Å². The van der Waals surface area contributed by atoms with E-state index < -0.39 is 28.5 Å². The first-order chi connectivity index (χ1) is 17.5. The molecular formula is C28H39N3O5S. The molecule has 2 aromatic carbocycles. The number of aryl methyl sites for hydroxylation is 2. The van der Waals surface area contributed by atoms with Gasteiger partial charge in [-0.3, -0.25) is 13.9 Å². The van der Waals surface area contributed by atoms with Gasteiger partial charge in [0.25, 0.3) is 0 Å². The monoisotopic (exact) mass is 529 g/mol. The van der Waals surface area contributed by atoms with E-state index in [0.717, 1.165) is 52.9 Å². The number of nitrogens with zero attached hydrogens (tertiary/aromatic N) is 2. The summed E-state index contributed by atoms with van der Waals surface area (Å²) in [6, 6.07) is 12.2. The quantitative estimate of drug-likeness (QED) is 0.476. The molecule has 1 atom stereocenters. The number of hydrogen-bond donors (Lipinski definition) is 1. The Morgan fingerprint density at radius 1 is 1.08 bits per heavy atom. The molecule has 1 saturated carbocycles. The van der Waals surface area contributed by atoms with Crippen molar-refractivity contribution >= 4 is 27.5 Å². The number of methoxy groups -OCH3 is 1. The lowest BCUT2D eigenvalue weighted by atomic mass is 10.1. The van der Waals surface area contributed by atoms with Crippen LogP contribution in [0.5, 0.6) is 5.75 Å². The Kier molecular flexibility index (Phi) is 9.59. The molecule has 37 heavy (non-hydrogen) atoms. The van der Waals surface area contributed by atoms with Crippen molar-refractivity contribution in [2.45, 2.75) is 71.5 Å². The van der Waals surface area contributed by atoms with Gasteiger partial charge in [-0.15, -0.1) is 0 Å². The highest BCUT2D eigenvalue weighted by Gasteiger charge is 2.33. The highest BCUT2D eigenvalue weighted by Crippen LogP contribution is 2.25. The molecule has 202 valence electrons. The number of nitrogens with one attached hydrogen (secondary N) is 1. The van der Waals surface area contributed by atoms with E-state index in [1.807, 2.05) is 45.0 Å². The van der Waals surface area contributed by atoms with Gasteiger partial charge in [0.05, 0.1) is 19.1 Å². The SMILES string of the molecule is CCC(C(=O)NC1CCCC1)N(Cc1ccc(OC)cc1)C(=O)CN(c1cc(C)ccc1C)S(C)(=O)=O. The molecule has 3 rings (SSSR count). The van der Waals surface area contributed by atoms with Crippen LogP contribution in [0.25, 0.3) is 0 Å². The Morgan fingerprint density at radius 2 is 1.73 bits per heavy atom. The van der Waals surface area contributed by atoms with Crippen molar-refractivity contribution in [3.05, 3.63) is 59.2 Å². The van der Waals surface area contributed by atoms with Gasteiger partial charge in [-0.1, -0.05) is 44.0 Å². The molecule has 0 saturated heterocycles. The Hall–Kier alpha value is -3.07. The third kappa shape index (κ3) is 7.47. The van der Waals surface area contributed by atoms with Gasteiger partial charge in [-0.2, -0.15) is 0 Å². The van der Waals surface area contributed by atoms with Crippen LogP contribution in [0.4, 0.5) is 5.69 Å². The van der Waals surface area contributed by atoms with Gasteiger partial charge in [0.1, 0.15) is 18.3 Å². The maximum absolute atomic E-state index is 13.9. The minimum atomic E-state index is -3.77. The number of amides is 2. The predicted octanol–water partition coefficient (Wildman–Crippen LogP) is 3.94. The van der Waals surface area contributed by atoms with Gasteiger partial charge in [-0.25, -0.2) is 8.42 Å². The molecule has 1 N–H and O–H groups in total. The van der Waals surface area contributed by atoms with Gasteiger partial charge in [0.2, 0.25) is 21.8 Å². The van der Waals surface area contributed by atoms with Crippen molar-refractivity contribution in [2.24, 2.45) is 0 Å².